The van der Waals surface area contributed by atoms with E-state index in [-0.39, 0.29) is 5.91 Å². The maximum atomic E-state index is 12.5. The zero-order chi connectivity index (χ0) is 17.1. The van der Waals surface area contributed by atoms with Gasteiger partial charge < -0.3 is 9.80 Å². The Balaban J connectivity index is 1.20. The Labute approximate surface area is 151 Å². The van der Waals surface area contributed by atoms with E-state index in [0.717, 1.165) is 37.9 Å². The molecule has 0 bridgehead atoms. The number of hydrogen-bond donors (Lipinski definition) is 0. The number of carbonyl (C=O) groups is 1. The number of fused-ring (bicyclic) bond motifs is 1. The van der Waals surface area contributed by atoms with Crippen LogP contribution in [0.3, 0.4) is 0 Å². The first-order valence-corrected chi connectivity index (χ1v) is 9.96. The summed E-state index contributed by atoms with van der Waals surface area (Å²) >= 11 is 0. The minimum atomic E-state index is 0.0939. The third-order valence-electron chi connectivity index (χ3n) is 6.31. The molecule has 4 rings (SSSR count). The summed E-state index contributed by atoms with van der Waals surface area (Å²) in [6.45, 7) is 8.11. The summed E-state index contributed by atoms with van der Waals surface area (Å²) in [5.41, 5.74) is 0.579. The van der Waals surface area contributed by atoms with Crippen LogP contribution in [0, 0.1) is 5.92 Å². The molecule has 25 heavy (non-hydrogen) atoms. The number of piperidine rings is 1. The Morgan fingerprint density at radius 2 is 1.96 bits per heavy atom. The molecule has 3 aliphatic heterocycles. The van der Waals surface area contributed by atoms with E-state index < -0.39 is 0 Å². The number of piperazine rings is 1. The number of carbonyl (C=O) groups excluding carboxylic acids is 1. The van der Waals surface area contributed by atoms with Gasteiger partial charge in [0.15, 0.2) is 0 Å². The summed E-state index contributed by atoms with van der Waals surface area (Å²) in [5, 5.41) is 0. The molecule has 1 unspecified atom stereocenters. The Morgan fingerprint density at radius 3 is 2.76 bits per heavy atom. The fourth-order valence-corrected chi connectivity index (χ4v) is 4.70. The van der Waals surface area contributed by atoms with Crippen molar-refractivity contribution in [3.8, 4) is 0 Å². The molecule has 3 fully saturated rings. The quantitative estimate of drug-likeness (QED) is 0.840. The van der Waals surface area contributed by atoms with Gasteiger partial charge in [0, 0.05) is 45.0 Å². The molecule has 0 aliphatic carbocycles. The molecule has 1 aromatic rings. The highest BCUT2D eigenvalue weighted by atomic mass is 16.2. The summed E-state index contributed by atoms with van der Waals surface area (Å²) in [4.78, 5) is 24.0. The molecular weight excluding hydrogens is 312 g/mol. The zero-order valence-electron chi connectivity index (χ0n) is 15.1. The average molecular weight is 342 g/mol. The van der Waals surface area contributed by atoms with Gasteiger partial charge in [0.05, 0.1) is 0 Å². The SMILES string of the molecule is O=C(c1ccccn1)N1CCC(CCN2CCN3CCCC3C2)CC1. The van der Waals surface area contributed by atoms with Crippen molar-refractivity contribution in [3.05, 3.63) is 30.1 Å². The highest BCUT2D eigenvalue weighted by molar-refractivity contribution is 5.92. The van der Waals surface area contributed by atoms with Gasteiger partial charge in [-0.15, -0.1) is 0 Å². The van der Waals surface area contributed by atoms with Crippen molar-refractivity contribution >= 4 is 5.91 Å². The molecule has 1 atom stereocenters. The smallest absolute Gasteiger partial charge is 0.272 e. The summed E-state index contributed by atoms with van der Waals surface area (Å²) in [7, 11) is 0. The maximum absolute atomic E-state index is 12.5. The Kier molecular flexibility index (Phi) is 5.32. The Morgan fingerprint density at radius 1 is 1.08 bits per heavy atom. The van der Waals surface area contributed by atoms with Crippen LogP contribution in [0.1, 0.15) is 42.6 Å². The third kappa shape index (κ3) is 4.04. The van der Waals surface area contributed by atoms with Gasteiger partial charge in [0.2, 0.25) is 0 Å². The largest absolute Gasteiger partial charge is 0.337 e. The lowest BCUT2D eigenvalue weighted by Crippen LogP contribution is -2.50. The molecule has 1 amide bonds. The highest BCUT2D eigenvalue weighted by Crippen LogP contribution is 2.25. The number of amides is 1. The topological polar surface area (TPSA) is 39.7 Å². The molecule has 4 heterocycles. The second-order valence-corrected chi connectivity index (χ2v) is 7.87. The lowest BCUT2D eigenvalue weighted by atomic mass is 9.93. The second-order valence-electron chi connectivity index (χ2n) is 7.87. The molecule has 0 radical (unpaired) electrons. The highest BCUT2D eigenvalue weighted by Gasteiger charge is 2.31. The predicted octanol–water partition coefficient (Wildman–Crippen LogP) is 2.10. The Bertz CT molecular complexity index is 570. The van der Waals surface area contributed by atoms with Gasteiger partial charge in [-0.2, -0.15) is 0 Å². The Hall–Kier alpha value is -1.46. The van der Waals surface area contributed by atoms with Crippen LogP contribution in [0.25, 0.3) is 0 Å². The summed E-state index contributed by atoms with van der Waals surface area (Å²) in [6.07, 6.45) is 8.05. The van der Waals surface area contributed by atoms with Gasteiger partial charge in [0.1, 0.15) is 5.69 Å². The molecule has 0 aromatic carbocycles. The van der Waals surface area contributed by atoms with Crippen molar-refractivity contribution in [2.45, 2.75) is 38.1 Å². The van der Waals surface area contributed by atoms with E-state index in [1.54, 1.807) is 6.20 Å². The molecule has 136 valence electrons. The fourth-order valence-electron chi connectivity index (χ4n) is 4.70. The minimum Gasteiger partial charge on any atom is -0.337 e. The summed E-state index contributed by atoms with van der Waals surface area (Å²) < 4.78 is 0. The van der Waals surface area contributed by atoms with Crippen molar-refractivity contribution in [1.82, 2.24) is 19.7 Å². The van der Waals surface area contributed by atoms with Gasteiger partial charge in [-0.1, -0.05) is 6.07 Å². The van der Waals surface area contributed by atoms with Crippen LogP contribution in [0.5, 0.6) is 0 Å². The van der Waals surface area contributed by atoms with Crippen LogP contribution in [-0.4, -0.2) is 77.4 Å². The van der Waals surface area contributed by atoms with Crippen molar-refractivity contribution in [2.24, 2.45) is 5.92 Å². The van der Waals surface area contributed by atoms with Crippen LogP contribution >= 0.6 is 0 Å². The lowest BCUT2D eigenvalue weighted by Gasteiger charge is -2.38. The van der Waals surface area contributed by atoms with Crippen molar-refractivity contribution in [2.75, 3.05) is 45.8 Å². The number of aromatic nitrogens is 1. The first kappa shape index (κ1) is 17.0. The lowest BCUT2D eigenvalue weighted by molar-refractivity contribution is 0.0656. The molecule has 0 N–H and O–H groups in total. The van der Waals surface area contributed by atoms with E-state index in [4.69, 9.17) is 0 Å². The standard InChI is InChI=1S/C20H30N4O/c25-20(19-5-1-2-9-21-19)24-12-7-17(8-13-24)6-11-22-14-15-23-10-3-4-18(23)16-22/h1-2,5,9,17-18H,3-4,6-8,10-16H2. The maximum Gasteiger partial charge on any atom is 0.272 e. The predicted molar refractivity (Wildman–Crippen MR) is 98.5 cm³/mol. The third-order valence-corrected chi connectivity index (χ3v) is 6.31. The zero-order valence-corrected chi connectivity index (χ0v) is 15.1. The van der Waals surface area contributed by atoms with E-state index in [9.17, 15) is 4.79 Å². The van der Waals surface area contributed by atoms with Crippen LogP contribution in [0.4, 0.5) is 0 Å². The fraction of sp³-hybridized carbons (Fsp3) is 0.700. The number of rotatable bonds is 4. The number of nitrogens with zero attached hydrogens (tertiary/aromatic N) is 4. The molecule has 1 aromatic heterocycles. The number of likely N-dealkylation sites (tertiary alicyclic amines) is 1. The van der Waals surface area contributed by atoms with Crippen molar-refractivity contribution in [3.63, 3.8) is 0 Å². The van der Waals surface area contributed by atoms with E-state index in [2.05, 4.69) is 14.8 Å². The van der Waals surface area contributed by atoms with Crippen LogP contribution < -0.4 is 0 Å². The molecular formula is C20H30N4O. The van der Waals surface area contributed by atoms with E-state index in [1.807, 2.05) is 23.1 Å². The van der Waals surface area contributed by atoms with Gasteiger partial charge >= 0.3 is 0 Å². The van der Waals surface area contributed by atoms with Crippen LogP contribution in [0.15, 0.2) is 24.4 Å². The number of pyridine rings is 1. The van der Waals surface area contributed by atoms with Crippen molar-refractivity contribution in [1.29, 1.82) is 0 Å². The monoisotopic (exact) mass is 342 g/mol. The van der Waals surface area contributed by atoms with E-state index in [0.29, 0.717) is 5.69 Å². The van der Waals surface area contributed by atoms with Gasteiger partial charge in [0.25, 0.3) is 5.91 Å². The number of hydrogen-bond acceptors (Lipinski definition) is 4. The summed E-state index contributed by atoms with van der Waals surface area (Å²) in [6, 6.07) is 6.38. The molecule has 5 heteroatoms. The van der Waals surface area contributed by atoms with Crippen molar-refractivity contribution < 1.29 is 4.79 Å². The van der Waals surface area contributed by atoms with Crippen LogP contribution in [0.2, 0.25) is 0 Å². The van der Waals surface area contributed by atoms with Crippen LogP contribution in [-0.2, 0) is 0 Å². The van der Waals surface area contributed by atoms with Gasteiger partial charge in [-0.3, -0.25) is 14.7 Å². The molecule has 3 aliphatic rings. The van der Waals surface area contributed by atoms with Gasteiger partial charge in [-0.25, -0.2) is 0 Å². The molecule has 5 nitrogen and oxygen atoms in total. The average Bonchev–Trinajstić information content (AvgIpc) is 3.15. The molecule has 0 spiro atoms. The second kappa shape index (κ2) is 7.83. The first-order chi connectivity index (χ1) is 12.3. The first-order valence-electron chi connectivity index (χ1n) is 9.96. The van der Waals surface area contributed by atoms with Gasteiger partial charge in [-0.05, 0) is 63.2 Å². The molecule has 3 saturated heterocycles. The summed E-state index contributed by atoms with van der Waals surface area (Å²) in [5.74, 6) is 0.866. The van der Waals surface area contributed by atoms with E-state index >= 15 is 0 Å². The minimum absolute atomic E-state index is 0.0939. The van der Waals surface area contributed by atoms with E-state index in [1.165, 1.54) is 52.0 Å². The molecule has 0 saturated carbocycles. The normalized spacial score (nSPS) is 25.9.